The number of aromatic nitrogens is 2. The summed E-state index contributed by atoms with van der Waals surface area (Å²) < 4.78 is 26.7. The lowest BCUT2D eigenvalue weighted by Gasteiger charge is -2.17. The highest BCUT2D eigenvalue weighted by Crippen LogP contribution is 2.20. The van der Waals surface area contributed by atoms with Crippen LogP contribution in [0.15, 0.2) is 56.9 Å². The van der Waals surface area contributed by atoms with Gasteiger partial charge in [-0.2, -0.15) is 4.31 Å². The number of benzene rings is 2. The molecule has 1 heterocycles. The number of hydrogen-bond donors (Lipinski definition) is 2. The van der Waals surface area contributed by atoms with Crippen molar-refractivity contribution < 1.29 is 8.42 Å². The molecule has 0 saturated heterocycles. The molecule has 0 amide bonds. The van der Waals surface area contributed by atoms with Gasteiger partial charge >= 0.3 is 5.69 Å². The zero-order valence-corrected chi connectivity index (χ0v) is 14.7. The van der Waals surface area contributed by atoms with Gasteiger partial charge in [-0.3, -0.25) is 9.78 Å². The van der Waals surface area contributed by atoms with Crippen molar-refractivity contribution in [3.05, 3.63) is 73.9 Å². The third kappa shape index (κ3) is 3.51. The number of H-pyrrole nitrogens is 2. The molecule has 0 unspecified atom stereocenters. The van der Waals surface area contributed by atoms with Crippen LogP contribution in [0.25, 0.3) is 10.9 Å². The Hall–Kier alpha value is -2.42. The minimum absolute atomic E-state index is 0.0397. The fraction of sp³-hybridized carbons (Fsp3) is 0.125. The van der Waals surface area contributed by atoms with Gasteiger partial charge in [0.2, 0.25) is 10.0 Å². The van der Waals surface area contributed by atoms with Crippen LogP contribution < -0.4 is 11.2 Å². The molecule has 2 N–H and O–H groups in total. The Labute approximate surface area is 147 Å². The molecule has 9 heteroatoms. The SMILES string of the molecule is CN(Cc1cccc(Cl)c1)S(=O)(=O)c1ccc2[nH]c(=O)[nH]c(=O)c2c1. The maximum absolute atomic E-state index is 12.8. The normalized spacial score (nSPS) is 12.0. The van der Waals surface area contributed by atoms with E-state index < -0.39 is 21.3 Å². The lowest BCUT2D eigenvalue weighted by Crippen LogP contribution is -2.27. The second-order valence-electron chi connectivity index (χ2n) is 5.51. The number of nitrogens with zero attached hydrogens (tertiary/aromatic N) is 1. The predicted octanol–water partition coefficient (Wildman–Crippen LogP) is 1.69. The molecule has 0 spiro atoms. The number of nitrogens with one attached hydrogen (secondary N) is 2. The third-order valence-corrected chi connectivity index (χ3v) is 5.75. The molecule has 3 aromatic rings. The fourth-order valence-corrected chi connectivity index (χ4v) is 3.86. The van der Waals surface area contributed by atoms with Gasteiger partial charge in [0, 0.05) is 18.6 Å². The van der Waals surface area contributed by atoms with Crippen LogP contribution >= 0.6 is 11.6 Å². The standard InChI is InChI=1S/C16H14ClN3O4S/c1-20(9-10-3-2-4-11(17)7-10)25(23,24)12-5-6-14-13(8-12)15(21)19-16(22)18-14/h2-8H,9H2,1H3,(H2,18,19,21,22). The van der Waals surface area contributed by atoms with E-state index in [9.17, 15) is 18.0 Å². The molecule has 0 fully saturated rings. The molecule has 0 aliphatic rings. The van der Waals surface area contributed by atoms with Crippen LogP contribution in [0.3, 0.4) is 0 Å². The van der Waals surface area contributed by atoms with Crippen molar-refractivity contribution in [2.75, 3.05) is 7.05 Å². The maximum atomic E-state index is 12.8. The molecule has 1 aromatic heterocycles. The monoisotopic (exact) mass is 379 g/mol. The molecule has 7 nitrogen and oxygen atoms in total. The summed E-state index contributed by atoms with van der Waals surface area (Å²) in [5.74, 6) is 0. The van der Waals surface area contributed by atoms with E-state index >= 15 is 0 Å². The molecule has 3 rings (SSSR count). The van der Waals surface area contributed by atoms with Crippen molar-refractivity contribution in [2.24, 2.45) is 0 Å². The molecular formula is C16H14ClN3O4S. The Kier molecular flexibility index (Phi) is 4.51. The van der Waals surface area contributed by atoms with E-state index in [1.807, 2.05) is 0 Å². The molecular weight excluding hydrogens is 366 g/mol. The zero-order valence-electron chi connectivity index (χ0n) is 13.1. The second-order valence-corrected chi connectivity index (χ2v) is 7.99. The van der Waals surface area contributed by atoms with E-state index in [1.54, 1.807) is 24.3 Å². The number of sulfonamides is 1. The number of aromatic amines is 2. The summed E-state index contributed by atoms with van der Waals surface area (Å²) in [6, 6.07) is 10.9. The Morgan fingerprint density at radius 1 is 1.08 bits per heavy atom. The number of halogens is 1. The van der Waals surface area contributed by atoms with Crippen LogP contribution in [0.4, 0.5) is 0 Å². The minimum atomic E-state index is -3.82. The summed E-state index contributed by atoms with van der Waals surface area (Å²) in [6.45, 7) is 0.128. The van der Waals surface area contributed by atoms with Crippen LogP contribution in [-0.4, -0.2) is 29.7 Å². The van der Waals surface area contributed by atoms with Gasteiger partial charge < -0.3 is 4.98 Å². The molecule has 0 saturated carbocycles. The van der Waals surface area contributed by atoms with Crippen LogP contribution in [0.1, 0.15) is 5.56 Å². The van der Waals surface area contributed by atoms with Gasteiger partial charge in [-0.05, 0) is 35.9 Å². The highest BCUT2D eigenvalue weighted by Gasteiger charge is 2.22. The van der Waals surface area contributed by atoms with E-state index in [2.05, 4.69) is 9.97 Å². The Morgan fingerprint density at radius 2 is 1.84 bits per heavy atom. The molecule has 2 aromatic carbocycles. The van der Waals surface area contributed by atoms with Gasteiger partial charge in [0.15, 0.2) is 0 Å². The van der Waals surface area contributed by atoms with Crippen LogP contribution in [0.5, 0.6) is 0 Å². The first kappa shape index (κ1) is 17.4. The first-order chi connectivity index (χ1) is 11.8. The zero-order chi connectivity index (χ0) is 18.2. The molecule has 130 valence electrons. The summed E-state index contributed by atoms with van der Waals surface area (Å²) in [5, 5.41) is 0.612. The summed E-state index contributed by atoms with van der Waals surface area (Å²) in [5.41, 5.74) is -0.286. The van der Waals surface area contributed by atoms with Crippen LogP contribution in [0, 0.1) is 0 Å². The predicted molar refractivity (Wildman–Crippen MR) is 95.3 cm³/mol. The minimum Gasteiger partial charge on any atom is -0.307 e. The number of fused-ring (bicyclic) bond motifs is 1. The van der Waals surface area contributed by atoms with Crippen molar-refractivity contribution in [1.82, 2.24) is 14.3 Å². The van der Waals surface area contributed by atoms with E-state index in [1.165, 1.54) is 29.6 Å². The smallest absolute Gasteiger partial charge is 0.307 e. The van der Waals surface area contributed by atoms with Crippen molar-refractivity contribution in [1.29, 1.82) is 0 Å². The first-order valence-electron chi connectivity index (χ1n) is 7.24. The molecule has 0 radical (unpaired) electrons. The molecule has 0 atom stereocenters. The molecule has 0 aliphatic heterocycles. The number of hydrogen-bond acceptors (Lipinski definition) is 4. The lowest BCUT2D eigenvalue weighted by molar-refractivity contribution is 0.467. The van der Waals surface area contributed by atoms with Crippen molar-refractivity contribution in [3.63, 3.8) is 0 Å². The van der Waals surface area contributed by atoms with Gasteiger partial charge in [-0.1, -0.05) is 23.7 Å². The van der Waals surface area contributed by atoms with E-state index in [-0.39, 0.29) is 22.3 Å². The van der Waals surface area contributed by atoms with Gasteiger partial charge in [0.05, 0.1) is 15.8 Å². The summed E-state index contributed by atoms with van der Waals surface area (Å²) in [6.07, 6.45) is 0. The van der Waals surface area contributed by atoms with Gasteiger partial charge in [-0.25, -0.2) is 13.2 Å². The van der Waals surface area contributed by atoms with Crippen LogP contribution in [-0.2, 0) is 16.6 Å². The maximum Gasteiger partial charge on any atom is 0.326 e. The summed E-state index contributed by atoms with van der Waals surface area (Å²) in [7, 11) is -2.38. The molecule has 25 heavy (non-hydrogen) atoms. The summed E-state index contributed by atoms with van der Waals surface area (Å²) in [4.78, 5) is 27.6. The van der Waals surface area contributed by atoms with Crippen molar-refractivity contribution in [2.45, 2.75) is 11.4 Å². The first-order valence-corrected chi connectivity index (χ1v) is 9.06. The quantitative estimate of drug-likeness (QED) is 0.719. The van der Waals surface area contributed by atoms with Crippen molar-refractivity contribution >= 4 is 32.5 Å². The van der Waals surface area contributed by atoms with Gasteiger partial charge in [-0.15, -0.1) is 0 Å². The number of rotatable bonds is 4. The fourth-order valence-electron chi connectivity index (χ4n) is 2.46. The lowest BCUT2D eigenvalue weighted by atomic mass is 10.2. The summed E-state index contributed by atoms with van der Waals surface area (Å²) >= 11 is 5.92. The van der Waals surface area contributed by atoms with Gasteiger partial charge in [0.1, 0.15) is 0 Å². The molecule has 0 bridgehead atoms. The van der Waals surface area contributed by atoms with Gasteiger partial charge in [0.25, 0.3) is 5.56 Å². The Morgan fingerprint density at radius 3 is 2.56 bits per heavy atom. The highest BCUT2D eigenvalue weighted by molar-refractivity contribution is 7.89. The van der Waals surface area contributed by atoms with E-state index in [4.69, 9.17) is 11.6 Å². The Balaban J connectivity index is 2.00. The van der Waals surface area contributed by atoms with E-state index in [0.29, 0.717) is 5.02 Å². The van der Waals surface area contributed by atoms with E-state index in [0.717, 1.165) is 5.56 Å². The second kappa shape index (κ2) is 6.47. The Bertz CT molecular complexity index is 1170. The third-order valence-electron chi connectivity index (χ3n) is 3.71. The average molecular weight is 380 g/mol. The van der Waals surface area contributed by atoms with Crippen molar-refractivity contribution in [3.8, 4) is 0 Å². The largest absolute Gasteiger partial charge is 0.326 e. The molecule has 0 aliphatic carbocycles. The van der Waals surface area contributed by atoms with Crippen LogP contribution in [0.2, 0.25) is 5.02 Å². The highest BCUT2D eigenvalue weighted by atomic mass is 35.5. The topological polar surface area (TPSA) is 103 Å². The average Bonchev–Trinajstić information content (AvgIpc) is 2.54.